The van der Waals surface area contributed by atoms with E-state index >= 15 is 0 Å². The first-order valence-corrected chi connectivity index (χ1v) is 13.3. The number of carbonyl (C=O) groups is 2. The maximum absolute atomic E-state index is 12.8. The zero-order valence-electron chi connectivity index (χ0n) is 22.5. The number of anilines is 4. The molecule has 0 unspecified atom stereocenters. The summed E-state index contributed by atoms with van der Waals surface area (Å²) < 4.78 is 7.29. The molecule has 3 N–H and O–H groups in total. The Labute approximate surface area is 237 Å². The summed E-state index contributed by atoms with van der Waals surface area (Å²) in [5.41, 5.74) is 6.26. The third-order valence-corrected chi connectivity index (χ3v) is 6.98. The number of nitrogens with one attached hydrogen (secondary N) is 3. The minimum Gasteiger partial charge on any atom is -0.378 e. The summed E-state index contributed by atoms with van der Waals surface area (Å²) in [5.74, 6) is 0.543. The number of urea groups is 1. The molecule has 206 valence electrons. The predicted octanol–water partition coefficient (Wildman–Crippen LogP) is 5.56. The number of ether oxygens (including phenoxy) is 1. The molecule has 6 rings (SSSR count). The highest BCUT2D eigenvalue weighted by Gasteiger charge is 2.19. The quantitative estimate of drug-likeness (QED) is 0.256. The number of nitrogens with zero attached hydrogens (tertiary/aromatic N) is 4. The summed E-state index contributed by atoms with van der Waals surface area (Å²) in [6, 6.07) is 20.4. The molecule has 3 amide bonds. The van der Waals surface area contributed by atoms with E-state index in [1.54, 1.807) is 29.4 Å². The van der Waals surface area contributed by atoms with Crippen LogP contribution in [0.25, 0.3) is 16.8 Å². The molecule has 0 bridgehead atoms. The van der Waals surface area contributed by atoms with Crippen molar-refractivity contribution in [1.82, 2.24) is 19.3 Å². The average molecular weight is 548 g/mol. The van der Waals surface area contributed by atoms with Gasteiger partial charge in [0.15, 0.2) is 5.65 Å². The van der Waals surface area contributed by atoms with Crippen molar-refractivity contribution in [3.8, 4) is 11.1 Å². The van der Waals surface area contributed by atoms with Gasteiger partial charge in [-0.3, -0.25) is 4.79 Å². The first-order valence-electron chi connectivity index (χ1n) is 13.3. The largest absolute Gasteiger partial charge is 0.378 e. The van der Waals surface area contributed by atoms with Crippen molar-refractivity contribution < 1.29 is 14.3 Å². The van der Waals surface area contributed by atoms with E-state index < -0.39 is 0 Å². The van der Waals surface area contributed by atoms with Crippen LogP contribution in [0.15, 0.2) is 91.5 Å². The maximum Gasteiger partial charge on any atom is 0.323 e. The number of rotatable bonds is 6. The normalized spacial score (nSPS) is 13.1. The van der Waals surface area contributed by atoms with Gasteiger partial charge in [-0.1, -0.05) is 30.3 Å². The van der Waals surface area contributed by atoms with Crippen molar-refractivity contribution in [3.05, 3.63) is 103 Å². The van der Waals surface area contributed by atoms with E-state index in [-0.39, 0.29) is 11.9 Å². The molecule has 0 saturated carbocycles. The van der Waals surface area contributed by atoms with Crippen LogP contribution in [-0.4, -0.2) is 57.5 Å². The van der Waals surface area contributed by atoms with Crippen LogP contribution in [0.4, 0.5) is 27.7 Å². The van der Waals surface area contributed by atoms with E-state index in [4.69, 9.17) is 4.74 Å². The van der Waals surface area contributed by atoms with E-state index in [2.05, 4.69) is 25.9 Å². The molecule has 1 fully saturated rings. The lowest BCUT2D eigenvalue weighted by molar-refractivity contribution is 0.0302. The van der Waals surface area contributed by atoms with E-state index in [1.165, 1.54) is 0 Å². The number of hydrogen-bond donors (Lipinski definition) is 3. The minimum atomic E-state index is -0.314. The zero-order chi connectivity index (χ0) is 28.2. The molecule has 0 atom stereocenters. The topological polar surface area (TPSA) is 113 Å². The predicted molar refractivity (Wildman–Crippen MR) is 159 cm³/mol. The monoisotopic (exact) mass is 547 g/mol. The number of hydrogen-bond acceptors (Lipinski definition) is 6. The molecule has 1 aliphatic heterocycles. The molecule has 0 spiro atoms. The maximum atomic E-state index is 12.8. The first kappa shape index (κ1) is 26.0. The average Bonchev–Trinajstić information content (AvgIpc) is 3.48. The van der Waals surface area contributed by atoms with E-state index in [9.17, 15) is 9.59 Å². The summed E-state index contributed by atoms with van der Waals surface area (Å²) in [6.07, 6.45) is 7.21. The van der Waals surface area contributed by atoms with Crippen LogP contribution >= 0.6 is 0 Å². The Balaban J connectivity index is 1.24. The van der Waals surface area contributed by atoms with Crippen molar-refractivity contribution >= 4 is 40.5 Å². The zero-order valence-corrected chi connectivity index (χ0v) is 22.5. The fourth-order valence-corrected chi connectivity index (χ4v) is 4.84. The number of aromatic nitrogens is 3. The molecule has 5 aromatic rings. The number of carbonyl (C=O) groups excluding carboxylic acids is 2. The molecule has 41 heavy (non-hydrogen) atoms. The lowest BCUT2D eigenvalue weighted by Crippen LogP contribution is -2.40. The first-order chi connectivity index (χ1) is 20.0. The van der Waals surface area contributed by atoms with Gasteiger partial charge < -0.3 is 30.0 Å². The van der Waals surface area contributed by atoms with Crippen LogP contribution in [-0.2, 0) is 4.74 Å². The smallest absolute Gasteiger partial charge is 0.323 e. The van der Waals surface area contributed by atoms with Crippen LogP contribution in [0.2, 0.25) is 0 Å². The van der Waals surface area contributed by atoms with Crippen LogP contribution < -0.4 is 16.0 Å². The van der Waals surface area contributed by atoms with Gasteiger partial charge in [0.25, 0.3) is 5.91 Å². The Morgan fingerprint density at radius 2 is 1.73 bits per heavy atom. The van der Waals surface area contributed by atoms with Gasteiger partial charge in [0.1, 0.15) is 5.82 Å². The number of imidazole rings is 1. The highest BCUT2D eigenvalue weighted by molar-refractivity contribution is 6.01. The van der Waals surface area contributed by atoms with Gasteiger partial charge in [-0.15, -0.1) is 0 Å². The van der Waals surface area contributed by atoms with Crippen molar-refractivity contribution in [3.63, 3.8) is 0 Å². The van der Waals surface area contributed by atoms with Crippen molar-refractivity contribution in [2.24, 2.45) is 0 Å². The van der Waals surface area contributed by atoms with Gasteiger partial charge >= 0.3 is 6.03 Å². The standard InChI is InChI=1S/C31H29N7O3/c1-21-25(8-5-9-26(21)36-31(40)34-24-6-3-2-4-7-24)23-18-27(29-32-12-13-38(29)20-23)35-28-11-10-22(19-33-28)30(39)37-14-16-41-17-15-37/h2-13,18-20H,14-17H2,1H3,(H,33,35)(H2,34,36,40). The molecule has 1 aliphatic rings. The number of para-hydroxylation sites is 1. The second kappa shape index (κ2) is 11.5. The molecule has 1 saturated heterocycles. The summed E-state index contributed by atoms with van der Waals surface area (Å²) in [7, 11) is 0. The van der Waals surface area contributed by atoms with Crippen molar-refractivity contribution in [1.29, 1.82) is 0 Å². The molecule has 3 aromatic heterocycles. The van der Waals surface area contributed by atoms with Crippen LogP contribution in [0, 0.1) is 6.92 Å². The lowest BCUT2D eigenvalue weighted by Gasteiger charge is -2.26. The second-order valence-corrected chi connectivity index (χ2v) is 9.69. The molecule has 2 aromatic carbocycles. The SMILES string of the molecule is Cc1c(NC(=O)Nc2ccccc2)cccc1-c1cc(Nc2ccc(C(=O)N3CCOCC3)cn2)c2nccn2c1. The molecule has 0 radical (unpaired) electrons. The summed E-state index contributed by atoms with van der Waals surface area (Å²) in [4.78, 5) is 36.2. The van der Waals surface area contributed by atoms with E-state index in [0.717, 1.165) is 28.0 Å². The Morgan fingerprint density at radius 3 is 2.51 bits per heavy atom. The molecule has 10 nitrogen and oxygen atoms in total. The van der Waals surface area contributed by atoms with Crippen LogP contribution in [0.3, 0.4) is 0 Å². The number of morpholine rings is 1. The number of pyridine rings is 2. The Hall–Kier alpha value is -5.22. The van der Waals surface area contributed by atoms with Gasteiger partial charge in [-0.2, -0.15) is 0 Å². The summed E-state index contributed by atoms with van der Waals surface area (Å²) in [6.45, 7) is 4.24. The van der Waals surface area contributed by atoms with Crippen LogP contribution in [0.1, 0.15) is 15.9 Å². The van der Waals surface area contributed by atoms with Gasteiger partial charge in [-0.05, 0) is 54.4 Å². The fraction of sp³-hybridized carbons (Fsp3) is 0.161. The van der Waals surface area contributed by atoms with Gasteiger partial charge in [0.2, 0.25) is 0 Å². The molecule has 0 aliphatic carbocycles. The summed E-state index contributed by atoms with van der Waals surface area (Å²) >= 11 is 0. The Bertz CT molecular complexity index is 1690. The minimum absolute atomic E-state index is 0.0496. The van der Waals surface area contributed by atoms with Gasteiger partial charge in [0.05, 0.1) is 24.5 Å². The second-order valence-electron chi connectivity index (χ2n) is 9.69. The van der Waals surface area contributed by atoms with Crippen molar-refractivity contribution in [2.75, 3.05) is 42.3 Å². The Kier molecular flexibility index (Phi) is 7.29. The Morgan fingerprint density at radius 1 is 0.902 bits per heavy atom. The van der Waals surface area contributed by atoms with Gasteiger partial charge in [-0.25, -0.2) is 14.8 Å². The lowest BCUT2D eigenvalue weighted by atomic mass is 10.00. The number of fused-ring (bicyclic) bond motifs is 1. The summed E-state index contributed by atoms with van der Waals surface area (Å²) in [5, 5.41) is 9.18. The fourth-order valence-electron chi connectivity index (χ4n) is 4.84. The van der Waals surface area contributed by atoms with Crippen LogP contribution in [0.5, 0.6) is 0 Å². The third kappa shape index (κ3) is 5.73. The number of amides is 3. The van der Waals surface area contributed by atoms with E-state index in [0.29, 0.717) is 49.1 Å². The highest BCUT2D eigenvalue weighted by Crippen LogP contribution is 2.32. The van der Waals surface area contributed by atoms with Gasteiger partial charge in [0, 0.05) is 54.8 Å². The van der Waals surface area contributed by atoms with Crippen molar-refractivity contribution in [2.45, 2.75) is 6.92 Å². The third-order valence-electron chi connectivity index (χ3n) is 6.98. The molecular weight excluding hydrogens is 518 g/mol. The highest BCUT2D eigenvalue weighted by atomic mass is 16.5. The van der Waals surface area contributed by atoms with E-state index in [1.807, 2.05) is 78.3 Å². The molecule has 10 heteroatoms. The molecular formula is C31H29N7O3. The molecule has 4 heterocycles. The number of benzene rings is 2.